The van der Waals surface area contributed by atoms with Crippen LogP contribution in [0.2, 0.25) is 0 Å². The average Bonchev–Trinajstić information content (AvgIpc) is 3.02. The lowest BCUT2D eigenvalue weighted by Gasteiger charge is -2.26. The second-order valence-corrected chi connectivity index (χ2v) is 8.77. The molecule has 4 amide bonds. The summed E-state index contributed by atoms with van der Waals surface area (Å²) in [4.78, 5) is 39.2. The van der Waals surface area contributed by atoms with Gasteiger partial charge in [-0.05, 0) is 48.2 Å². The summed E-state index contributed by atoms with van der Waals surface area (Å²) in [6, 6.07) is 7.14. The van der Waals surface area contributed by atoms with Crippen LogP contribution in [0.5, 0.6) is 11.5 Å². The molecular formula is C24H25F2N3O5. The first-order chi connectivity index (χ1) is 16.1. The van der Waals surface area contributed by atoms with Crippen LogP contribution in [-0.2, 0) is 15.1 Å². The molecule has 0 bridgehead atoms. The van der Waals surface area contributed by atoms with Gasteiger partial charge in [0.15, 0.2) is 23.1 Å². The maximum absolute atomic E-state index is 13.7. The summed E-state index contributed by atoms with van der Waals surface area (Å²) in [7, 11) is 0. The molecule has 1 fully saturated rings. The zero-order valence-corrected chi connectivity index (χ0v) is 19.0. The van der Waals surface area contributed by atoms with Gasteiger partial charge < -0.3 is 20.1 Å². The van der Waals surface area contributed by atoms with Crippen molar-refractivity contribution in [1.29, 1.82) is 0 Å². The van der Waals surface area contributed by atoms with Crippen LogP contribution in [-0.4, -0.2) is 42.5 Å². The maximum atomic E-state index is 13.7. The molecule has 10 heteroatoms. The quantitative estimate of drug-likeness (QED) is 0.629. The minimum Gasteiger partial charge on any atom is -0.486 e. The Labute approximate surface area is 195 Å². The highest BCUT2D eigenvalue weighted by Gasteiger charge is 2.49. The van der Waals surface area contributed by atoms with Crippen molar-refractivity contribution in [2.45, 2.75) is 32.4 Å². The number of hydrogen-bond acceptors (Lipinski definition) is 5. The third kappa shape index (κ3) is 4.27. The van der Waals surface area contributed by atoms with Gasteiger partial charge in [0.2, 0.25) is 5.91 Å². The molecule has 8 nitrogen and oxygen atoms in total. The van der Waals surface area contributed by atoms with Crippen molar-refractivity contribution in [1.82, 2.24) is 15.5 Å². The molecule has 0 spiro atoms. The number of hydrogen-bond donors (Lipinski definition) is 2. The number of nitrogens with one attached hydrogen (secondary N) is 2. The van der Waals surface area contributed by atoms with Crippen LogP contribution >= 0.6 is 0 Å². The first-order valence-electron chi connectivity index (χ1n) is 10.9. The second-order valence-electron chi connectivity index (χ2n) is 8.77. The monoisotopic (exact) mass is 473 g/mol. The van der Waals surface area contributed by atoms with Crippen LogP contribution in [0.25, 0.3) is 0 Å². The summed E-state index contributed by atoms with van der Waals surface area (Å²) < 4.78 is 38.2. The van der Waals surface area contributed by atoms with Gasteiger partial charge in [-0.3, -0.25) is 14.5 Å². The molecule has 1 saturated heterocycles. The Kier molecular flexibility index (Phi) is 6.16. The number of carbonyl (C=O) groups is 3. The molecule has 4 rings (SSSR count). The van der Waals surface area contributed by atoms with E-state index in [0.717, 1.165) is 22.6 Å². The van der Waals surface area contributed by atoms with Gasteiger partial charge in [0.25, 0.3) is 5.91 Å². The molecule has 34 heavy (non-hydrogen) atoms. The lowest BCUT2D eigenvalue weighted by Crippen LogP contribution is -2.44. The van der Waals surface area contributed by atoms with Crippen molar-refractivity contribution in [2.24, 2.45) is 5.92 Å². The minimum atomic E-state index is -1.63. The van der Waals surface area contributed by atoms with E-state index in [-0.39, 0.29) is 11.5 Å². The molecule has 0 aliphatic carbocycles. The smallest absolute Gasteiger partial charge is 0.325 e. The maximum Gasteiger partial charge on any atom is 0.325 e. The standard InChI is InChI=1S/C24H25F2N3O5/c1-13(2)21(14-4-7-18-19(10-14)34-9-8-33-18)27-20(30)12-29-22(31)24(3,28-23(29)32)15-5-6-16(25)17(26)11-15/h4-7,10-11,13,21H,8-9,12H2,1-3H3,(H,27,30)(H,28,32). The van der Waals surface area contributed by atoms with Crippen molar-refractivity contribution in [3.05, 3.63) is 59.2 Å². The molecule has 2 aromatic carbocycles. The van der Waals surface area contributed by atoms with Crippen LogP contribution in [0.1, 0.15) is 37.9 Å². The van der Waals surface area contributed by atoms with Crippen molar-refractivity contribution in [3.8, 4) is 11.5 Å². The zero-order valence-electron chi connectivity index (χ0n) is 19.0. The van der Waals surface area contributed by atoms with Gasteiger partial charge in [0.05, 0.1) is 6.04 Å². The summed E-state index contributed by atoms with van der Waals surface area (Å²) >= 11 is 0. The number of ether oxygens (including phenoxy) is 2. The molecular weight excluding hydrogens is 448 g/mol. The van der Waals surface area contributed by atoms with Gasteiger partial charge in [0.1, 0.15) is 25.3 Å². The number of urea groups is 1. The van der Waals surface area contributed by atoms with E-state index in [9.17, 15) is 23.2 Å². The SMILES string of the molecule is CC(C)C(NC(=O)CN1C(=O)NC(C)(c2ccc(F)c(F)c2)C1=O)c1ccc2c(c1)OCCO2. The Morgan fingerprint density at radius 2 is 1.79 bits per heavy atom. The Bertz CT molecular complexity index is 1160. The van der Waals surface area contributed by atoms with Crippen molar-refractivity contribution in [3.63, 3.8) is 0 Å². The molecule has 2 atom stereocenters. The predicted octanol–water partition coefficient (Wildman–Crippen LogP) is 3.02. The molecule has 2 aromatic rings. The average molecular weight is 473 g/mol. The van der Waals surface area contributed by atoms with E-state index >= 15 is 0 Å². The first-order valence-corrected chi connectivity index (χ1v) is 10.9. The molecule has 2 unspecified atom stereocenters. The van der Waals surface area contributed by atoms with Crippen LogP contribution < -0.4 is 20.1 Å². The highest BCUT2D eigenvalue weighted by atomic mass is 19.2. The summed E-state index contributed by atoms with van der Waals surface area (Å²) in [5, 5.41) is 5.35. The number of fused-ring (bicyclic) bond motifs is 1. The lowest BCUT2D eigenvalue weighted by atomic mass is 9.92. The van der Waals surface area contributed by atoms with Gasteiger partial charge in [-0.15, -0.1) is 0 Å². The Balaban J connectivity index is 1.49. The minimum absolute atomic E-state index is 0.0120. The van der Waals surface area contributed by atoms with E-state index in [1.54, 1.807) is 12.1 Å². The fraction of sp³-hybridized carbons (Fsp3) is 0.375. The molecule has 2 aliphatic rings. The van der Waals surface area contributed by atoms with E-state index in [4.69, 9.17) is 9.47 Å². The van der Waals surface area contributed by atoms with E-state index in [1.165, 1.54) is 13.0 Å². The molecule has 0 aromatic heterocycles. The molecule has 0 saturated carbocycles. The molecule has 0 radical (unpaired) electrons. The number of carbonyl (C=O) groups excluding carboxylic acids is 3. The third-order valence-electron chi connectivity index (χ3n) is 5.98. The number of benzene rings is 2. The van der Waals surface area contributed by atoms with Gasteiger partial charge in [-0.25, -0.2) is 13.6 Å². The van der Waals surface area contributed by atoms with Crippen LogP contribution in [0.3, 0.4) is 0 Å². The highest BCUT2D eigenvalue weighted by Crippen LogP contribution is 2.34. The van der Waals surface area contributed by atoms with E-state index < -0.39 is 47.6 Å². The van der Waals surface area contributed by atoms with Gasteiger partial charge >= 0.3 is 6.03 Å². The van der Waals surface area contributed by atoms with Crippen molar-refractivity contribution in [2.75, 3.05) is 19.8 Å². The fourth-order valence-corrected chi connectivity index (χ4v) is 4.09. The van der Waals surface area contributed by atoms with Crippen LogP contribution in [0.15, 0.2) is 36.4 Å². The Morgan fingerprint density at radius 3 is 2.47 bits per heavy atom. The largest absolute Gasteiger partial charge is 0.486 e. The number of amides is 4. The van der Waals surface area contributed by atoms with E-state index in [0.29, 0.717) is 24.7 Å². The van der Waals surface area contributed by atoms with E-state index in [2.05, 4.69) is 10.6 Å². The molecule has 2 aliphatic heterocycles. The van der Waals surface area contributed by atoms with Crippen LogP contribution in [0, 0.1) is 17.6 Å². The molecule has 2 heterocycles. The predicted molar refractivity (Wildman–Crippen MR) is 117 cm³/mol. The second kappa shape index (κ2) is 8.92. The normalized spacial score (nSPS) is 20.4. The Morgan fingerprint density at radius 1 is 1.09 bits per heavy atom. The van der Waals surface area contributed by atoms with Crippen molar-refractivity contribution < 1.29 is 32.6 Å². The number of imide groups is 1. The highest BCUT2D eigenvalue weighted by molar-refractivity contribution is 6.09. The third-order valence-corrected chi connectivity index (χ3v) is 5.98. The lowest BCUT2D eigenvalue weighted by molar-refractivity contribution is -0.135. The molecule has 2 N–H and O–H groups in total. The van der Waals surface area contributed by atoms with Crippen molar-refractivity contribution >= 4 is 17.8 Å². The van der Waals surface area contributed by atoms with Crippen LogP contribution in [0.4, 0.5) is 13.6 Å². The fourth-order valence-electron chi connectivity index (χ4n) is 4.09. The Hall–Kier alpha value is -3.69. The summed E-state index contributed by atoms with van der Waals surface area (Å²) in [6.07, 6.45) is 0. The van der Waals surface area contributed by atoms with Gasteiger partial charge in [-0.2, -0.15) is 0 Å². The number of rotatable bonds is 6. The zero-order chi connectivity index (χ0) is 24.6. The molecule has 180 valence electrons. The van der Waals surface area contributed by atoms with Gasteiger partial charge in [0, 0.05) is 0 Å². The van der Waals surface area contributed by atoms with Gasteiger partial charge in [-0.1, -0.05) is 26.0 Å². The number of nitrogens with zero attached hydrogens (tertiary/aromatic N) is 1. The first kappa shape index (κ1) is 23.5. The number of halogens is 2. The topological polar surface area (TPSA) is 97.0 Å². The summed E-state index contributed by atoms with van der Waals surface area (Å²) in [5.74, 6) is -2.30. The summed E-state index contributed by atoms with van der Waals surface area (Å²) in [6.45, 7) is 5.59. The van der Waals surface area contributed by atoms with E-state index in [1.807, 2.05) is 19.9 Å². The summed E-state index contributed by atoms with van der Waals surface area (Å²) in [5.41, 5.74) is -0.764.